The van der Waals surface area contributed by atoms with Gasteiger partial charge in [0.15, 0.2) is 0 Å². The van der Waals surface area contributed by atoms with E-state index < -0.39 is 12.0 Å². The number of hydrogen-bond donors (Lipinski definition) is 1. The molecule has 0 bridgehead atoms. The van der Waals surface area contributed by atoms with E-state index in [0.717, 1.165) is 5.75 Å². The van der Waals surface area contributed by atoms with Gasteiger partial charge in [0, 0.05) is 18.1 Å². The van der Waals surface area contributed by atoms with E-state index in [-0.39, 0.29) is 5.91 Å². The van der Waals surface area contributed by atoms with Crippen LogP contribution in [0.15, 0.2) is 24.3 Å². The van der Waals surface area contributed by atoms with Gasteiger partial charge in [0.2, 0.25) is 0 Å². The predicted molar refractivity (Wildman–Crippen MR) is 72.8 cm³/mol. The number of rotatable bonds is 3. The van der Waals surface area contributed by atoms with E-state index >= 15 is 0 Å². The minimum Gasteiger partial charge on any atom is -0.496 e. The number of hydrogen-bond acceptors (Lipinski definition) is 4. The SMILES string of the molecule is COc1ccccc1C(=O)N1CCSCC1C(=O)O. The third-order valence-corrected chi connectivity index (χ3v) is 4.03. The van der Waals surface area contributed by atoms with Crippen LogP contribution in [0.5, 0.6) is 5.75 Å². The Labute approximate surface area is 115 Å². The maximum Gasteiger partial charge on any atom is 0.327 e. The lowest BCUT2D eigenvalue weighted by atomic mass is 10.1. The van der Waals surface area contributed by atoms with Gasteiger partial charge in [0.25, 0.3) is 5.91 Å². The first kappa shape index (κ1) is 13.7. The second-order valence-electron chi connectivity index (χ2n) is 4.13. The van der Waals surface area contributed by atoms with Crippen LogP contribution in [-0.2, 0) is 4.79 Å². The predicted octanol–water partition coefficient (Wildman–Crippen LogP) is 1.34. The number of benzene rings is 1. The van der Waals surface area contributed by atoms with Crippen molar-refractivity contribution in [1.29, 1.82) is 0 Å². The van der Waals surface area contributed by atoms with Gasteiger partial charge in [0.05, 0.1) is 12.7 Å². The van der Waals surface area contributed by atoms with Crippen molar-refractivity contribution in [2.24, 2.45) is 0 Å². The van der Waals surface area contributed by atoms with Crippen LogP contribution in [0.3, 0.4) is 0 Å². The Kier molecular flexibility index (Phi) is 4.31. The first-order valence-electron chi connectivity index (χ1n) is 5.89. The van der Waals surface area contributed by atoms with E-state index in [9.17, 15) is 14.7 Å². The first-order chi connectivity index (χ1) is 9.15. The molecule has 1 heterocycles. The third kappa shape index (κ3) is 2.84. The van der Waals surface area contributed by atoms with Crippen LogP contribution in [0.2, 0.25) is 0 Å². The molecule has 0 radical (unpaired) electrons. The molecule has 1 aliphatic rings. The van der Waals surface area contributed by atoms with Crippen LogP contribution in [-0.4, -0.2) is 53.1 Å². The summed E-state index contributed by atoms with van der Waals surface area (Å²) in [6, 6.07) is 6.10. The van der Waals surface area contributed by atoms with Crippen molar-refractivity contribution in [3.8, 4) is 5.75 Å². The summed E-state index contributed by atoms with van der Waals surface area (Å²) in [5, 5.41) is 9.19. The van der Waals surface area contributed by atoms with Crippen molar-refractivity contribution in [3.05, 3.63) is 29.8 Å². The number of methoxy groups -OCH3 is 1. The molecule has 1 unspecified atom stereocenters. The number of ether oxygens (including phenoxy) is 1. The number of aliphatic carboxylic acids is 1. The molecule has 1 saturated heterocycles. The summed E-state index contributed by atoms with van der Waals surface area (Å²) in [4.78, 5) is 25.1. The van der Waals surface area contributed by atoms with E-state index in [1.165, 1.54) is 12.0 Å². The number of nitrogens with zero attached hydrogens (tertiary/aromatic N) is 1. The van der Waals surface area contributed by atoms with E-state index in [0.29, 0.717) is 23.6 Å². The number of carbonyl (C=O) groups excluding carboxylic acids is 1. The molecule has 102 valence electrons. The molecule has 1 N–H and O–H groups in total. The first-order valence-corrected chi connectivity index (χ1v) is 7.05. The summed E-state index contributed by atoms with van der Waals surface area (Å²) in [5.41, 5.74) is 0.406. The maximum atomic E-state index is 12.5. The molecule has 0 aromatic heterocycles. The zero-order chi connectivity index (χ0) is 13.8. The molecular weight excluding hydrogens is 266 g/mol. The van der Waals surface area contributed by atoms with Gasteiger partial charge in [-0.1, -0.05) is 12.1 Å². The normalized spacial score (nSPS) is 19.0. The Balaban J connectivity index is 2.29. The van der Waals surface area contributed by atoms with Gasteiger partial charge in [-0.2, -0.15) is 11.8 Å². The highest BCUT2D eigenvalue weighted by molar-refractivity contribution is 7.99. The van der Waals surface area contributed by atoms with Crippen molar-refractivity contribution in [2.75, 3.05) is 25.2 Å². The van der Waals surface area contributed by atoms with Crippen molar-refractivity contribution in [1.82, 2.24) is 4.90 Å². The van der Waals surface area contributed by atoms with Gasteiger partial charge >= 0.3 is 5.97 Å². The Morgan fingerprint density at radius 1 is 1.42 bits per heavy atom. The van der Waals surface area contributed by atoms with Gasteiger partial charge in [-0.3, -0.25) is 4.79 Å². The number of thioether (sulfide) groups is 1. The standard InChI is InChI=1S/C13H15NO4S/c1-18-11-5-3-2-4-9(11)12(15)14-6-7-19-8-10(14)13(16)17/h2-5,10H,6-8H2,1H3,(H,16,17). The summed E-state index contributed by atoms with van der Waals surface area (Å²) in [7, 11) is 1.49. The molecule has 1 fully saturated rings. The molecule has 6 heteroatoms. The summed E-state index contributed by atoms with van der Waals surface area (Å²) >= 11 is 1.55. The van der Waals surface area contributed by atoms with E-state index in [2.05, 4.69) is 0 Å². The van der Waals surface area contributed by atoms with Crippen LogP contribution >= 0.6 is 11.8 Å². The molecular formula is C13H15NO4S. The van der Waals surface area contributed by atoms with Crippen LogP contribution in [0.4, 0.5) is 0 Å². The molecule has 0 spiro atoms. The maximum absolute atomic E-state index is 12.5. The number of carbonyl (C=O) groups is 2. The van der Waals surface area contributed by atoms with Crippen LogP contribution in [0, 0.1) is 0 Å². The summed E-state index contributed by atoms with van der Waals surface area (Å²) < 4.78 is 5.15. The minimum atomic E-state index is -0.963. The molecule has 2 rings (SSSR count). The van der Waals surface area contributed by atoms with E-state index in [1.54, 1.807) is 36.0 Å². The zero-order valence-electron chi connectivity index (χ0n) is 10.5. The molecule has 1 aliphatic heterocycles. The average molecular weight is 281 g/mol. The van der Waals surface area contributed by atoms with E-state index in [4.69, 9.17) is 4.74 Å². The fourth-order valence-electron chi connectivity index (χ4n) is 2.03. The lowest BCUT2D eigenvalue weighted by Crippen LogP contribution is -2.50. The fourth-order valence-corrected chi connectivity index (χ4v) is 3.07. The van der Waals surface area contributed by atoms with Crippen molar-refractivity contribution < 1.29 is 19.4 Å². The Morgan fingerprint density at radius 2 is 2.16 bits per heavy atom. The highest BCUT2D eigenvalue weighted by Gasteiger charge is 2.33. The van der Waals surface area contributed by atoms with Crippen LogP contribution in [0.25, 0.3) is 0 Å². The van der Waals surface area contributed by atoms with E-state index in [1.807, 2.05) is 0 Å². The summed E-state index contributed by atoms with van der Waals surface area (Å²) in [6.45, 7) is 0.443. The number of para-hydroxylation sites is 1. The Hall–Kier alpha value is -1.69. The van der Waals surface area contributed by atoms with Gasteiger partial charge in [0.1, 0.15) is 11.8 Å². The van der Waals surface area contributed by atoms with Crippen LogP contribution in [0.1, 0.15) is 10.4 Å². The third-order valence-electron chi connectivity index (χ3n) is 3.01. The molecule has 5 nitrogen and oxygen atoms in total. The lowest BCUT2D eigenvalue weighted by Gasteiger charge is -2.32. The van der Waals surface area contributed by atoms with Gasteiger partial charge in [-0.15, -0.1) is 0 Å². The monoisotopic (exact) mass is 281 g/mol. The average Bonchev–Trinajstić information content (AvgIpc) is 2.46. The smallest absolute Gasteiger partial charge is 0.327 e. The summed E-state index contributed by atoms with van der Waals surface area (Å²) in [5.74, 6) is 0.399. The molecule has 1 aromatic carbocycles. The quantitative estimate of drug-likeness (QED) is 0.905. The van der Waals surface area contributed by atoms with Gasteiger partial charge in [-0.25, -0.2) is 4.79 Å². The summed E-state index contributed by atoms with van der Waals surface area (Å²) in [6.07, 6.45) is 0. The number of carboxylic acids is 1. The molecule has 0 saturated carbocycles. The Morgan fingerprint density at radius 3 is 2.84 bits per heavy atom. The second-order valence-corrected chi connectivity index (χ2v) is 5.28. The van der Waals surface area contributed by atoms with Gasteiger partial charge < -0.3 is 14.7 Å². The van der Waals surface area contributed by atoms with Gasteiger partial charge in [-0.05, 0) is 12.1 Å². The molecule has 0 aliphatic carbocycles. The van der Waals surface area contributed by atoms with Crippen molar-refractivity contribution >= 4 is 23.6 Å². The van der Waals surface area contributed by atoms with Crippen LogP contribution < -0.4 is 4.74 Å². The highest BCUT2D eigenvalue weighted by Crippen LogP contribution is 2.24. The topological polar surface area (TPSA) is 66.8 Å². The Bertz CT molecular complexity index is 491. The highest BCUT2D eigenvalue weighted by atomic mass is 32.2. The molecule has 19 heavy (non-hydrogen) atoms. The molecule has 1 amide bonds. The molecule has 1 atom stereocenters. The number of carboxylic acid groups (broad SMARTS) is 1. The number of amides is 1. The van der Waals surface area contributed by atoms with Crippen molar-refractivity contribution in [2.45, 2.75) is 6.04 Å². The van der Waals surface area contributed by atoms with Crippen molar-refractivity contribution in [3.63, 3.8) is 0 Å². The second kappa shape index (κ2) is 5.97. The lowest BCUT2D eigenvalue weighted by molar-refractivity contribution is -0.141. The fraction of sp³-hybridized carbons (Fsp3) is 0.385. The largest absolute Gasteiger partial charge is 0.496 e. The molecule has 1 aromatic rings. The minimum absolute atomic E-state index is 0.287. The zero-order valence-corrected chi connectivity index (χ0v) is 11.4.